The number of hydrogen-bond donors (Lipinski definition) is 3. The van der Waals surface area contributed by atoms with Crippen LogP contribution in [-0.4, -0.2) is 34.1 Å². The molecule has 0 fully saturated rings. The molecule has 0 aliphatic heterocycles. The highest BCUT2D eigenvalue weighted by Gasteiger charge is 2.20. The van der Waals surface area contributed by atoms with Gasteiger partial charge in [0, 0.05) is 0 Å². The number of hydrogen-bond acceptors (Lipinski definition) is 3. The van der Waals surface area contributed by atoms with Crippen molar-refractivity contribution in [3.8, 4) is 0 Å². The van der Waals surface area contributed by atoms with Crippen molar-refractivity contribution in [2.45, 2.75) is 18.9 Å². The Bertz CT molecular complexity index is 285. The summed E-state index contributed by atoms with van der Waals surface area (Å²) >= 11 is 0. The molecule has 3 N–H and O–H groups in total. The molecule has 0 spiro atoms. The Morgan fingerprint density at radius 2 is 1.60 bits per heavy atom. The highest BCUT2D eigenvalue weighted by atomic mass is 19.1. The zero-order chi connectivity index (χ0) is 12.0. The third-order valence-corrected chi connectivity index (χ3v) is 1.42. The average Bonchev–Trinajstić information content (AvgIpc) is 2.00. The molecule has 7 heteroatoms. The van der Waals surface area contributed by atoms with Gasteiger partial charge in [-0.15, -0.1) is 0 Å². The predicted octanol–water partition coefficient (Wildman–Crippen LogP) is -0.0962. The summed E-state index contributed by atoms with van der Waals surface area (Å²) in [5, 5.41) is 18.7. The van der Waals surface area contributed by atoms with Crippen LogP contribution in [0, 0.1) is 0 Å². The van der Waals surface area contributed by atoms with Gasteiger partial charge in [0.2, 0.25) is 0 Å². The van der Waals surface area contributed by atoms with Gasteiger partial charge in [-0.25, -0.2) is 4.39 Å². The summed E-state index contributed by atoms with van der Waals surface area (Å²) in [6.07, 6.45) is -1.18. The van der Waals surface area contributed by atoms with E-state index in [0.717, 1.165) is 0 Å². The topological polar surface area (TPSA) is 104 Å². The van der Waals surface area contributed by atoms with E-state index in [1.165, 1.54) is 0 Å². The van der Waals surface area contributed by atoms with E-state index >= 15 is 0 Å². The average molecular weight is 219 g/mol. The number of carboxylic acid groups (broad SMARTS) is 2. The standard InChI is InChI=1S/C8H10FNO5/c1-4(9)8(15)10-5(2-6(11)12)3-7(13)14/h5H,1-3H2,(H,10,15)(H,11,12)(H,13,14). The molecule has 0 rings (SSSR count). The molecule has 0 atom stereocenters. The van der Waals surface area contributed by atoms with Gasteiger partial charge in [-0.1, -0.05) is 6.58 Å². The van der Waals surface area contributed by atoms with Crippen LogP contribution in [0.3, 0.4) is 0 Å². The van der Waals surface area contributed by atoms with E-state index in [4.69, 9.17) is 10.2 Å². The minimum absolute atomic E-state index is 0.592. The molecule has 0 aromatic heterocycles. The molecule has 0 aromatic rings. The second kappa shape index (κ2) is 5.74. The highest BCUT2D eigenvalue weighted by Crippen LogP contribution is 2.01. The first-order valence-electron chi connectivity index (χ1n) is 3.91. The molecule has 0 heterocycles. The Kier molecular flexibility index (Phi) is 5.00. The minimum atomic E-state index is -1.30. The van der Waals surface area contributed by atoms with Crippen molar-refractivity contribution >= 4 is 17.8 Å². The summed E-state index contributed by atoms with van der Waals surface area (Å²) in [5.41, 5.74) is 0. The van der Waals surface area contributed by atoms with Crippen LogP contribution >= 0.6 is 0 Å². The van der Waals surface area contributed by atoms with Crippen LogP contribution in [0.1, 0.15) is 12.8 Å². The molecule has 0 radical (unpaired) electrons. The van der Waals surface area contributed by atoms with Gasteiger partial charge in [0.1, 0.15) is 0 Å². The molecule has 0 saturated heterocycles. The number of carbonyl (C=O) groups excluding carboxylic acids is 1. The molecule has 0 aliphatic rings. The lowest BCUT2D eigenvalue weighted by molar-refractivity contribution is -0.139. The van der Waals surface area contributed by atoms with Crippen LogP contribution in [0.5, 0.6) is 0 Å². The summed E-state index contributed by atoms with van der Waals surface area (Å²) in [7, 11) is 0. The third-order valence-electron chi connectivity index (χ3n) is 1.42. The van der Waals surface area contributed by atoms with E-state index in [-0.39, 0.29) is 0 Å². The van der Waals surface area contributed by atoms with Gasteiger partial charge in [-0.2, -0.15) is 0 Å². The molecule has 6 nitrogen and oxygen atoms in total. The normalized spacial score (nSPS) is 9.73. The number of rotatable bonds is 6. The number of nitrogens with one attached hydrogen (secondary N) is 1. The molecular formula is C8H10FNO5. The van der Waals surface area contributed by atoms with Gasteiger partial charge in [0.05, 0.1) is 18.9 Å². The van der Waals surface area contributed by atoms with Gasteiger partial charge < -0.3 is 15.5 Å². The number of aliphatic carboxylic acids is 2. The Hall–Kier alpha value is -1.92. The molecule has 15 heavy (non-hydrogen) atoms. The van der Waals surface area contributed by atoms with E-state index in [9.17, 15) is 18.8 Å². The van der Waals surface area contributed by atoms with Crippen LogP contribution in [0.2, 0.25) is 0 Å². The van der Waals surface area contributed by atoms with Gasteiger partial charge in [0.25, 0.3) is 5.91 Å². The van der Waals surface area contributed by atoms with Crippen LogP contribution in [0.25, 0.3) is 0 Å². The van der Waals surface area contributed by atoms with Crippen LogP contribution in [0.15, 0.2) is 12.4 Å². The van der Waals surface area contributed by atoms with Gasteiger partial charge >= 0.3 is 11.9 Å². The molecule has 0 aliphatic carbocycles. The summed E-state index contributed by atoms with van der Waals surface area (Å²) in [5.74, 6) is -5.07. The zero-order valence-corrected chi connectivity index (χ0v) is 7.70. The zero-order valence-electron chi connectivity index (χ0n) is 7.70. The largest absolute Gasteiger partial charge is 0.481 e. The lowest BCUT2D eigenvalue weighted by Crippen LogP contribution is -2.38. The maximum atomic E-state index is 12.2. The quantitative estimate of drug-likeness (QED) is 0.541. The van der Waals surface area contributed by atoms with E-state index in [0.29, 0.717) is 0 Å². The molecule has 84 valence electrons. The van der Waals surface area contributed by atoms with Crippen LogP contribution in [0.4, 0.5) is 4.39 Å². The van der Waals surface area contributed by atoms with Gasteiger partial charge in [-0.3, -0.25) is 14.4 Å². The van der Waals surface area contributed by atoms with E-state index in [1.807, 2.05) is 5.32 Å². The molecule has 0 saturated carbocycles. The molecule has 0 bridgehead atoms. The predicted molar refractivity (Wildman–Crippen MR) is 46.7 cm³/mol. The Labute approximate surface area is 84.4 Å². The van der Waals surface area contributed by atoms with Crippen LogP contribution in [-0.2, 0) is 14.4 Å². The van der Waals surface area contributed by atoms with Crippen LogP contribution < -0.4 is 5.32 Å². The van der Waals surface area contributed by atoms with E-state index in [1.54, 1.807) is 0 Å². The van der Waals surface area contributed by atoms with Crippen molar-refractivity contribution in [3.63, 3.8) is 0 Å². The van der Waals surface area contributed by atoms with E-state index < -0.39 is 42.6 Å². The van der Waals surface area contributed by atoms with Crippen molar-refractivity contribution in [3.05, 3.63) is 12.4 Å². The molecule has 0 unspecified atom stereocenters. The summed E-state index contributed by atoms with van der Waals surface area (Å²) in [6.45, 7) is 2.69. The summed E-state index contributed by atoms with van der Waals surface area (Å²) < 4.78 is 12.2. The summed E-state index contributed by atoms with van der Waals surface area (Å²) in [4.78, 5) is 31.3. The Morgan fingerprint density at radius 3 is 1.87 bits per heavy atom. The number of amides is 1. The summed E-state index contributed by atoms with van der Waals surface area (Å²) in [6, 6.07) is -1.15. The second-order valence-electron chi connectivity index (χ2n) is 2.77. The van der Waals surface area contributed by atoms with Gasteiger partial charge in [-0.05, 0) is 0 Å². The monoisotopic (exact) mass is 219 g/mol. The Balaban J connectivity index is 4.36. The molecular weight excluding hydrogens is 209 g/mol. The highest BCUT2D eigenvalue weighted by molar-refractivity contribution is 5.91. The third kappa shape index (κ3) is 6.19. The van der Waals surface area contributed by atoms with E-state index in [2.05, 4.69) is 6.58 Å². The maximum Gasteiger partial charge on any atom is 0.305 e. The minimum Gasteiger partial charge on any atom is -0.481 e. The smallest absolute Gasteiger partial charge is 0.305 e. The first-order chi connectivity index (χ1) is 6.82. The SMILES string of the molecule is C=C(F)C(=O)NC(CC(=O)O)CC(=O)O. The fraction of sp³-hybridized carbons (Fsp3) is 0.375. The maximum absolute atomic E-state index is 12.2. The fourth-order valence-corrected chi connectivity index (χ4v) is 0.860. The fourth-order valence-electron chi connectivity index (χ4n) is 0.860. The van der Waals surface area contributed by atoms with Crippen molar-refractivity contribution in [2.75, 3.05) is 0 Å². The first kappa shape index (κ1) is 13.1. The number of carbonyl (C=O) groups is 3. The molecule has 0 aromatic carbocycles. The van der Waals surface area contributed by atoms with Crippen molar-refractivity contribution in [1.29, 1.82) is 0 Å². The lowest BCUT2D eigenvalue weighted by atomic mass is 10.1. The van der Waals surface area contributed by atoms with Crippen molar-refractivity contribution in [1.82, 2.24) is 5.32 Å². The second-order valence-corrected chi connectivity index (χ2v) is 2.77. The number of carboxylic acids is 2. The Morgan fingerprint density at radius 1 is 1.20 bits per heavy atom. The number of halogens is 1. The molecule has 1 amide bonds. The van der Waals surface area contributed by atoms with Crippen molar-refractivity contribution < 1.29 is 29.0 Å². The first-order valence-corrected chi connectivity index (χ1v) is 3.91. The van der Waals surface area contributed by atoms with Gasteiger partial charge in [0.15, 0.2) is 5.83 Å². The lowest BCUT2D eigenvalue weighted by Gasteiger charge is -2.13. The van der Waals surface area contributed by atoms with Crippen molar-refractivity contribution in [2.24, 2.45) is 0 Å².